The predicted octanol–water partition coefficient (Wildman–Crippen LogP) is 7.54. The first kappa shape index (κ1) is 23.5. The van der Waals surface area contributed by atoms with Gasteiger partial charge in [0.15, 0.2) is 0 Å². The second-order valence-electron chi connectivity index (χ2n) is 12.2. The molecule has 4 heteroatoms. The largest absolute Gasteiger partial charge is 0.372 e. The van der Waals surface area contributed by atoms with Gasteiger partial charge < -0.3 is 4.90 Å². The lowest BCUT2D eigenvalue weighted by molar-refractivity contribution is -0.132. The molecular formula is C30H41NOS2. The molecule has 0 N–H and O–H groups in total. The molecule has 6 atom stereocenters. The van der Waals surface area contributed by atoms with Crippen LogP contribution in [-0.2, 0) is 4.79 Å². The lowest BCUT2D eigenvalue weighted by Crippen LogP contribution is -2.50. The molecule has 2 nitrogen and oxygen atoms in total. The van der Waals surface area contributed by atoms with E-state index in [9.17, 15) is 4.79 Å². The topological polar surface area (TPSA) is 20.3 Å². The zero-order chi connectivity index (χ0) is 23.7. The van der Waals surface area contributed by atoms with Crippen molar-refractivity contribution in [2.24, 2.45) is 29.1 Å². The van der Waals surface area contributed by atoms with E-state index in [1.165, 1.54) is 48.4 Å². The van der Waals surface area contributed by atoms with Crippen LogP contribution in [0.15, 0.2) is 35.9 Å². The Bertz CT molecular complexity index is 978. The Labute approximate surface area is 215 Å². The van der Waals surface area contributed by atoms with Crippen LogP contribution in [0.3, 0.4) is 0 Å². The number of nitrogens with zero attached hydrogens (tertiary/aromatic N) is 1. The smallest absolute Gasteiger partial charge is 0.139 e. The molecule has 0 radical (unpaired) electrons. The molecule has 184 valence electrons. The quantitative estimate of drug-likeness (QED) is 0.403. The molecule has 5 aliphatic rings. The molecule has 0 aromatic heterocycles. The van der Waals surface area contributed by atoms with Gasteiger partial charge >= 0.3 is 0 Å². The second-order valence-corrected chi connectivity index (χ2v) is 15.4. The van der Waals surface area contributed by atoms with E-state index in [0.717, 1.165) is 25.2 Å². The minimum absolute atomic E-state index is 0.104. The van der Waals surface area contributed by atoms with E-state index in [1.54, 1.807) is 5.57 Å². The fourth-order valence-electron chi connectivity index (χ4n) is 8.51. The molecule has 1 heterocycles. The number of carbonyl (C=O) groups is 1. The van der Waals surface area contributed by atoms with Crippen LogP contribution in [0.2, 0.25) is 0 Å². The number of carbonyl (C=O) groups excluding carboxylic acids is 1. The molecule has 1 aromatic rings. The molecule has 0 amide bonds. The van der Waals surface area contributed by atoms with Crippen molar-refractivity contribution < 1.29 is 4.79 Å². The highest BCUT2D eigenvalue weighted by Gasteiger charge is 2.60. The number of ketones is 1. The molecular weight excluding hydrogens is 454 g/mol. The number of rotatable bonds is 3. The Morgan fingerprint density at radius 1 is 1.00 bits per heavy atom. The second kappa shape index (κ2) is 8.61. The van der Waals surface area contributed by atoms with Crippen LogP contribution in [0.4, 0.5) is 5.69 Å². The molecule has 1 aliphatic heterocycles. The van der Waals surface area contributed by atoms with Gasteiger partial charge in [-0.1, -0.05) is 30.7 Å². The molecule has 6 unspecified atom stereocenters. The van der Waals surface area contributed by atoms with Crippen molar-refractivity contribution in [3.63, 3.8) is 0 Å². The number of hydrogen-bond acceptors (Lipinski definition) is 4. The van der Waals surface area contributed by atoms with Gasteiger partial charge in [0.05, 0.1) is 4.08 Å². The van der Waals surface area contributed by atoms with Crippen LogP contribution in [-0.4, -0.2) is 34.5 Å². The Hall–Kier alpha value is -0.870. The summed E-state index contributed by atoms with van der Waals surface area (Å²) in [6.07, 6.45) is 11.0. The zero-order valence-corrected chi connectivity index (χ0v) is 23.0. The van der Waals surface area contributed by atoms with Crippen LogP contribution in [0, 0.1) is 29.1 Å². The number of thioether (sulfide) groups is 2. The van der Waals surface area contributed by atoms with Crippen LogP contribution in [0.25, 0.3) is 0 Å². The Morgan fingerprint density at radius 2 is 1.74 bits per heavy atom. The van der Waals surface area contributed by atoms with Crippen molar-refractivity contribution in [3.8, 4) is 0 Å². The Kier molecular flexibility index (Phi) is 5.96. The van der Waals surface area contributed by atoms with Gasteiger partial charge in [0.25, 0.3) is 0 Å². The van der Waals surface area contributed by atoms with Crippen LogP contribution < -0.4 is 4.90 Å². The number of benzene rings is 1. The summed E-state index contributed by atoms with van der Waals surface area (Å²) in [5.74, 6) is 6.47. The maximum Gasteiger partial charge on any atom is 0.139 e. The van der Waals surface area contributed by atoms with E-state index in [1.807, 2.05) is 0 Å². The molecule has 1 spiro atoms. The van der Waals surface area contributed by atoms with Gasteiger partial charge in [0, 0.05) is 42.1 Å². The molecule has 4 aliphatic carbocycles. The number of anilines is 1. The summed E-state index contributed by atoms with van der Waals surface area (Å²) in [7, 11) is 2.19. The van der Waals surface area contributed by atoms with Gasteiger partial charge in [-0.15, -0.1) is 23.5 Å². The van der Waals surface area contributed by atoms with Gasteiger partial charge in [-0.2, -0.15) is 0 Å². The summed E-state index contributed by atoms with van der Waals surface area (Å²) in [5, 5.41) is 0. The van der Waals surface area contributed by atoms with Crippen LogP contribution in [0.5, 0.6) is 0 Å². The van der Waals surface area contributed by atoms with Crippen molar-refractivity contribution in [1.29, 1.82) is 0 Å². The number of Topliss-reactive ketones (excluding diaryl/α,β-unsaturated/α-hetero) is 1. The number of hydrogen-bond donors (Lipinski definition) is 0. The summed E-state index contributed by atoms with van der Waals surface area (Å²) in [6.45, 7) is 6.84. The van der Waals surface area contributed by atoms with Gasteiger partial charge in [0.1, 0.15) is 5.78 Å². The molecule has 34 heavy (non-hydrogen) atoms. The maximum atomic E-state index is 13.2. The Morgan fingerprint density at radius 3 is 2.44 bits per heavy atom. The minimum Gasteiger partial charge on any atom is -0.372 e. The molecule has 0 bridgehead atoms. The molecule has 1 saturated heterocycles. The molecule has 3 saturated carbocycles. The van der Waals surface area contributed by atoms with Gasteiger partial charge in [0.2, 0.25) is 0 Å². The van der Waals surface area contributed by atoms with E-state index in [4.69, 9.17) is 0 Å². The third-order valence-corrected chi connectivity index (χ3v) is 13.9. The van der Waals surface area contributed by atoms with Crippen LogP contribution in [0.1, 0.15) is 77.2 Å². The maximum absolute atomic E-state index is 13.2. The lowest BCUT2D eigenvalue weighted by Gasteiger charge is -2.56. The first-order valence-corrected chi connectivity index (χ1v) is 15.6. The molecule has 4 fully saturated rings. The van der Waals surface area contributed by atoms with Crippen molar-refractivity contribution >= 4 is 35.0 Å². The summed E-state index contributed by atoms with van der Waals surface area (Å²) < 4.78 is 0.379. The fraction of sp³-hybridized carbons (Fsp3) is 0.700. The van der Waals surface area contributed by atoms with E-state index < -0.39 is 0 Å². The molecule has 1 aromatic carbocycles. The van der Waals surface area contributed by atoms with E-state index in [0.29, 0.717) is 39.6 Å². The highest BCUT2D eigenvalue weighted by atomic mass is 32.2. The zero-order valence-electron chi connectivity index (χ0n) is 21.4. The van der Waals surface area contributed by atoms with Gasteiger partial charge in [-0.3, -0.25) is 4.79 Å². The average Bonchev–Trinajstić information content (AvgIpc) is 3.41. The van der Waals surface area contributed by atoms with Crippen molar-refractivity contribution in [2.75, 3.05) is 23.5 Å². The number of allylic oxidation sites excluding steroid dienone is 1. The van der Waals surface area contributed by atoms with Crippen molar-refractivity contribution in [3.05, 3.63) is 41.5 Å². The summed E-state index contributed by atoms with van der Waals surface area (Å²) >= 11 is 4.41. The van der Waals surface area contributed by atoms with E-state index in [2.05, 4.69) is 86.6 Å². The van der Waals surface area contributed by atoms with Gasteiger partial charge in [-0.05, 0) is 99.7 Å². The van der Waals surface area contributed by atoms with Crippen molar-refractivity contribution in [2.45, 2.75) is 81.8 Å². The van der Waals surface area contributed by atoms with E-state index in [-0.39, 0.29) is 5.41 Å². The minimum atomic E-state index is -0.104. The van der Waals surface area contributed by atoms with Gasteiger partial charge in [-0.25, -0.2) is 0 Å². The number of fused-ring (bicyclic) bond motifs is 5. The third-order valence-electron chi connectivity index (χ3n) is 10.5. The average molecular weight is 496 g/mol. The summed E-state index contributed by atoms with van der Waals surface area (Å²) in [5.41, 5.74) is 4.46. The van der Waals surface area contributed by atoms with Crippen molar-refractivity contribution in [1.82, 2.24) is 0 Å². The first-order valence-electron chi connectivity index (χ1n) is 13.7. The molecule has 6 rings (SSSR count). The third kappa shape index (κ3) is 3.64. The summed E-state index contributed by atoms with van der Waals surface area (Å²) in [4.78, 5) is 15.6. The Balaban J connectivity index is 1.38. The highest BCUT2D eigenvalue weighted by molar-refractivity contribution is 8.21. The predicted molar refractivity (Wildman–Crippen MR) is 148 cm³/mol. The lowest BCUT2D eigenvalue weighted by atomic mass is 9.48. The highest BCUT2D eigenvalue weighted by Crippen LogP contribution is 2.66. The standard InChI is InChI=1S/C30H41NOS2/c1-19(2)31(4)22-8-5-20(6-9-22)25-18-29(3)26(11-12-27(29)32)24-10-7-21-17-30(33-15-16-34-30)14-13-23(21)28(24)25/h5-6,8-9,17,19,23-26,28H,7,10-16,18H2,1-4H3. The fourth-order valence-corrected chi connectivity index (χ4v) is 11.7. The van der Waals surface area contributed by atoms with Crippen LogP contribution >= 0.6 is 23.5 Å². The van der Waals surface area contributed by atoms with E-state index >= 15 is 0 Å². The normalized spacial score (nSPS) is 38.4. The SMILES string of the molecule is CC(C)N(C)c1ccc(C2CC3(C)C(=O)CCC3C3CCC4=CC5(CCC4C23)SCCS5)cc1. The monoisotopic (exact) mass is 495 g/mol. The summed E-state index contributed by atoms with van der Waals surface area (Å²) in [6, 6.07) is 9.97. The first-order chi connectivity index (χ1) is 16.3.